The van der Waals surface area contributed by atoms with Crippen LogP contribution in [0.4, 0.5) is 0 Å². The summed E-state index contributed by atoms with van der Waals surface area (Å²) >= 11 is 0. The molecule has 0 aliphatic rings. The van der Waals surface area contributed by atoms with Crippen LogP contribution in [0.15, 0.2) is 41.6 Å². The third kappa shape index (κ3) is 6.81. The van der Waals surface area contributed by atoms with E-state index in [1.54, 1.807) is 19.1 Å². The fourth-order valence-electron chi connectivity index (χ4n) is 1.82. The van der Waals surface area contributed by atoms with Crippen molar-refractivity contribution in [2.75, 3.05) is 0 Å². The first-order valence-electron chi connectivity index (χ1n) is 6.57. The first-order chi connectivity index (χ1) is 10.4. The van der Waals surface area contributed by atoms with Crippen LogP contribution in [0, 0.1) is 0 Å². The highest BCUT2D eigenvalue weighted by atomic mass is 31.2. The highest BCUT2D eigenvalue weighted by molar-refractivity contribution is 7.70. The van der Waals surface area contributed by atoms with E-state index in [-0.39, 0.29) is 0 Å². The third-order valence-corrected chi connectivity index (χ3v) is 6.36. The molecular weight excluding hydrogens is 344 g/mol. The summed E-state index contributed by atoms with van der Waals surface area (Å²) in [6.45, 7) is 4.85. The van der Waals surface area contributed by atoms with Crippen molar-refractivity contribution in [3.63, 3.8) is 0 Å². The van der Waals surface area contributed by atoms with Crippen molar-refractivity contribution >= 4 is 15.2 Å². The zero-order valence-corrected chi connectivity index (χ0v) is 14.7. The lowest BCUT2D eigenvalue weighted by molar-refractivity contribution is -0.694. The van der Waals surface area contributed by atoms with Gasteiger partial charge in [-0.25, -0.2) is 4.57 Å². The summed E-state index contributed by atoms with van der Waals surface area (Å²) in [5, 5.41) is -2.11. The topological polar surface area (TPSA) is 128 Å². The Hall–Kier alpha value is -1.23. The molecule has 0 saturated heterocycles. The van der Waals surface area contributed by atoms with Crippen LogP contribution in [0.2, 0.25) is 0 Å². The molecule has 0 radical (unpaired) electrons. The molecule has 1 aromatic heterocycles. The van der Waals surface area contributed by atoms with Crippen molar-refractivity contribution < 1.29 is 38.0 Å². The van der Waals surface area contributed by atoms with Crippen molar-refractivity contribution in [3.8, 4) is 5.75 Å². The van der Waals surface area contributed by atoms with Gasteiger partial charge in [-0.2, -0.15) is 0 Å². The first-order valence-corrected chi connectivity index (χ1v) is 9.94. The Balaban J connectivity index is 3.08. The van der Waals surface area contributed by atoms with Gasteiger partial charge in [0, 0.05) is 13.0 Å². The van der Waals surface area contributed by atoms with E-state index in [4.69, 9.17) is 24.3 Å². The molecular formula is C13H20NO7P2+. The summed E-state index contributed by atoms with van der Waals surface area (Å²) in [6.07, 6.45) is 2.83. The maximum atomic E-state index is 11.3. The number of hydrogen-bond acceptors (Lipinski definition) is 3. The van der Waals surface area contributed by atoms with Gasteiger partial charge in [0.15, 0.2) is 18.5 Å². The van der Waals surface area contributed by atoms with Crippen molar-refractivity contribution in [3.05, 3.63) is 41.6 Å². The second kappa shape index (κ2) is 7.56. The molecule has 0 amide bonds. The van der Waals surface area contributed by atoms with E-state index in [0.29, 0.717) is 11.5 Å². The second-order valence-electron chi connectivity index (χ2n) is 5.18. The minimum absolute atomic E-state index is 0.355. The Kier molecular flexibility index (Phi) is 6.51. The quantitative estimate of drug-likeness (QED) is 0.261. The highest BCUT2D eigenvalue weighted by Crippen LogP contribution is 2.59. The number of nitrogens with zero attached hydrogens (tertiary/aromatic N) is 1. The molecule has 0 aliphatic heterocycles. The standard InChI is InChI=1S/C13H19NO7P2/c1-10(2)7-11(3)21-12-5-4-6-14(8-12)9-13(22(15,16)17)23(18,19)20/h4-6,8,13H,9H2,1-3H3,(H3-,15,16,17,18,19,20)/p+1. The molecule has 0 atom stereocenters. The van der Waals surface area contributed by atoms with E-state index in [0.717, 1.165) is 5.57 Å². The van der Waals surface area contributed by atoms with Crippen LogP contribution in [0.3, 0.4) is 0 Å². The maximum absolute atomic E-state index is 11.3. The summed E-state index contributed by atoms with van der Waals surface area (Å²) in [6, 6.07) is 3.15. The monoisotopic (exact) mass is 364 g/mol. The van der Waals surface area contributed by atoms with Gasteiger partial charge >= 0.3 is 15.2 Å². The number of allylic oxidation sites excluding steroid dienone is 1. The maximum Gasteiger partial charge on any atom is 0.347 e. The smallest absolute Gasteiger partial charge is 0.347 e. The average Bonchev–Trinajstić information content (AvgIpc) is 2.32. The summed E-state index contributed by atoms with van der Waals surface area (Å²) < 4.78 is 29.4. The zero-order chi connectivity index (χ0) is 17.8. The summed E-state index contributed by atoms with van der Waals surface area (Å²) in [5.74, 6) is 0.846. The van der Waals surface area contributed by atoms with Gasteiger partial charge in [-0.3, -0.25) is 9.13 Å². The molecule has 1 rings (SSSR count). The average molecular weight is 364 g/mol. The van der Waals surface area contributed by atoms with E-state index < -0.39 is 27.1 Å². The Bertz CT molecular complexity index is 702. The van der Waals surface area contributed by atoms with E-state index in [9.17, 15) is 9.13 Å². The van der Waals surface area contributed by atoms with Crippen LogP contribution >= 0.6 is 15.2 Å². The number of aromatic nitrogens is 1. The highest BCUT2D eigenvalue weighted by Gasteiger charge is 2.46. The Labute approximate surface area is 134 Å². The Morgan fingerprint density at radius 3 is 2.26 bits per heavy atom. The van der Waals surface area contributed by atoms with E-state index >= 15 is 0 Å². The van der Waals surface area contributed by atoms with Crippen LogP contribution < -0.4 is 9.30 Å². The predicted octanol–water partition coefficient (Wildman–Crippen LogP) is 1.50. The third-order valence-electron chi connectivity index (χ3n) is 2.68. The number of ether oxygens (including phenoxy) is 1. The first kappa shape index (κ1) is 19.8. The fraction of sp³-hybridized carbons (Fsp3) is 0.385. The van der Waals surface area contributed by atoms with Gasteiger partial charge in [-0.1, -0.05) is 5.73 Å². The van der Waals surface area contributed by atoms with Gasteiger partial charge < -0.3 is 24.3 Å². The van der Waals surface area contributed by atoms with Crippen molar-refractivity contribution in [2.45, 2.75) is 32.7 Å². The molecule has 0 aromatic carbocycles. The van der Waals surface area contributed by atoms with Gasteiger partial charge in [0.05, 0.1) is 0 Å². The van der Waals surface area contributed by atoms with E-state index in [1.165, 1.54) is 17.0 Å². The molecule has 0 spiro atoms. The molecule has 8 nitrogen and oxygen atoms in total. The lowest BCUT2D eigenvalue weighted by Crippen LogP contribution is -2.39. The number of pyridine rings is 1. The minimum Gasteiger partial charge on any atom is -0.448 e. The molecule has 23 heavy (non-hydrogen) atoms. The normalized spacial score (nSPS) is 12.0. The molecule has 0 saturated carbocycles. The minimum atomic E-state index is -4.97. The van der Waals surface area contributed by atoms with Crippen molar-refractivity contribution in [1.82, 2.24) is 0 Å². The van der Waals surface area contributed by atoms with E-state index in [2.05, 4.69) is 5.73 Å². The molecule has 0 bridgehead atoms. The fourth-order valence-corrected chi connectivity index (χ4v) is 4.19. The van der Waals surface area contributed by atoms with Crippen LogP contribution in [0.1, 0.15) is 20.8 Å². The van der Waals surface area contributed by atoms with Crippen molar-refractivity contribution in [2.24, 2.45) is 0 Å². The second-order valence-corrected chi connectivity index (χ2v) is 9.19. The van der Waals surface area contributed by atoms with Gasteiger partial charge in [-0.05, 0) is 25.5 Å². The predicted molar refractivity (Wildman–Crippen MR) is 82.7 cm³/mol. The lowest BCUT2D eigenvalue weighted by atomic mass is 10.3. The molecule has 0 aliphatic carbocycles. The molecule has 128 valence electrons. The van der Waals surface area contributed by atoms with E-state index in [1.807, 2.05) is 13.8 Å². The van der Waals surface area contributed by atoms with Crippen LogP contribution in [-0.4, -0.2) is 25.0 Å². The van der Waals surface area contributed by atoms with Crippen LogP contribution in [0.25, 0.3) is 0 Å². The van der Waals surface area contributed by atoms with Gasteiger partial charge in [0.1, 0.15) is 5.76 Å². The number of hydrogen-bond donors (Lipinski definition) is 4. The molecule has 4 N–H and O–H groups in total. The molecule has 10 heteroatoms. The summed E-state index contributed by atoms with van der Waals surface area (Å²) in [4.78, 5) is 36.6. The van der Waals surface area contributed by atoms with Crippen LogP contribution in [0.5, 0.6) is 5.75 Å². The molecule has 1 heterocycles. The van der Waals surface area contributed by atoms with Gasteiger partial charge in [0.2, 0.25) is 11.6 Å². The van der Waals surface area contributed by atoms with Crippen molar-refractivity contribution in [1.29, 1.82) is 0 Å². The lowest BCUT2D eigenvalue weighted by Gasteiger charge is -2.16. The SMILES string of the molecule is CC(C)=C=C(C)Oc1ccc[n+](CC(P(=O)(O)O)P(=O)(O)O)c1. The molecule has 0 fully saturated rings. The van der Waals surface area contributed by atoms with Gasteiger partial charge in [-0.15, -0.1) is 0 Å². The molecule has 0 unspecified atom stereocenters. The molecule has 1 aromatic rings. The summed E-state index contributed by atoms with van der Waals surface area (Å²) in [5.41, 5.74) is 3.86. The van der Waals surface area contributed by atoms with Gasteiger partial charge in [0.25, 0.3) is 0 Å². The van der Waals surface area contributed by atoms with Crippen LogP contribution in [-0.2, 0) is 15.7 Å². The Morgan fingerprint density at radius 2 is 1.78 bits per heavy atom. The summed E-state index contributed by atoms with van der Waals surface area (Å²) in [7, 11) is -9.94. The number of rotatable bonds is 6. The zero-order valence-electron chi connectivity index (χ0n) is 12.9. The Morgan fingerprint density at radius 1 is 1.22 bits per heavy atom. The largest absolute Gasteiger partial charge is 0.448 e.